The van der Waals surface area contributed by atoms with Gasteiger partial charge in [-0.3, -0.25) is 4.98 Å². The van der Waals surface area contributed by atoms with Crippen LogP contribution in [0.25, 0.3) is 22.4 Å². The number of nitrogens with zero attached hydrogens (tertiary/aromatic N) is 2. The van der Waals surface area contributed by atoms with Crippen LogP contribution < -0.4 is 0 Å². The monoisotopic (exact) mass is 253 g/mol. The third-order valence-electron chi connectivity index (χ3n) is 3.02. The van der Waals surface area contributed by atoms with Crippen LogP contribution in [0.3, 0.4) is 0 Å². The third-order valence-corrected chi connectivity index (χ3v) is 3.02. The number of nitrogens with one attached hydrogen (secondary N) is 1. The first-order chi connectivity index (χ1) is 9.16. The molecule has 0 aliphatic rings. The molecule has 2 aromatic heterocycles. The van der Waals surface area contributed by atoms with Gasteiger partial charge in [0, 0.05) is 11.8 Å². The van der Waals surface area contributed by atoms with Crippen molar-refractivity contribution in [3.05, 3.63) is 47.8 Å². The number of benzene rings is 1. The van der Waals surface area contributed by atoms with E-state index in [1.54, 1.807) is 6.20 Å². The number of carboxylic acids is 1. The summed E-state index contributed by atoms with van der Waals surface area (Å²) in [6.07, 6.45) is 2.89. The van der Waals surface area contributed by atoms with Crippen molar-refractivity contribution in [2.45, 2.75) is 6.92 Å². The van der Waals surface area contributed by atoms with E-state index in [1.165, 1.54) is 6.20 Å². The maximum Gasteiger partial charge on any atom is 0.339 e. The second-order valence-electron chi connectivity index (χ2n) is 4.29. The Balaban J connectivity index is 2.26. The highest BCUT2D eigenvalue weighted by molar-refractivity contribution is 6.01. The predicted octanol–water partition coefficient (Wildman–Crippen LogP) is 2.63. The number of aromatic nitrogens is 3. The number of carbonyl (C=O) groups is 1. The summed E-state index contributed by atoms with van der Waals surface area (Å²) in [6, 6.07) is 7.80. The summed E-state index contributed by atoms with van der Waals surface area (Å²) in [4.78, 5) is 22.5. The number of hydrogen-bond donors (Lipinski definition) is 2. The molecule has 0 aliphatic carbocycles. The van der Waals surface area contributed by atoms with Crippen LogP contribution in [0.4, 0.5) is 0 Å². The van der Waals surface area contributed by atoms with Gasteiger partial charge in [0.05, 0.1) is 11.7 Å². The van der Waals surface area contributed by atoms with E-state index in [0.29, 0.717) is 16.9 Å². The van der Waals surface area contributed by atoms with Gasteiger partial charge >= 0.3 is 5.97 Å². The van der Waals surface area contributed by atoms with E-state index in [-0.39, 0.29) is 5.56 Å². The Morgan fingerprint density at radius 1 is 1.26 bits per heavy atom. The molecule has 0 saturated carbocycles. The summed E-state index contributed by atoms with van der Waals surface area (Å²) in [6.45, 7) is 1.98. The second kappa shape index (κ2) is 4.20. The van der Waals surface area contributed by atoms with Crippen LogP contribution in [0.1, 0.15) is 15.9 Å². The van der Waals surface area contributed by atoms with Crippen molar-refractivity contribution < 1.29 is 9.90 Å². The van der Waals surface area contributed by atoms with Gasteiger partial charge in [0.2, 0.25) is 0 Å². The molecule has 2 N–H and O–H groups in total. The van der Waals surface area contributed by atoms with Crippen molar-refractivity contribution in [2.24, 2.45) is 0 Å². The standard InChI is InChI=1S/C14H11N3O2/c1-8-4-2-3-5-9(8)13-16-11-7-15-6-10(14(18)19)12(11)17-13/h2-7H,1H3,(H,16,17)(H,18,19). The minimum Gasteiger partial charge on any atom is -0.478 e. The molecule has 0 saturated heterocycles. The molecule has 19 heavy (non-hydrogen) atoms. The molecule has 94 valence electrons. The smallest absolute Gasteiger partial charge is 0.339 e. The van der Waals surface area contributed by atoms with Gasteiger partial charge in [-0.2, -0.15) is 0 Å². The molecule has 0 bridgehead atoms. The second-order valence-corrected chi connectivity index (χ2v) is 4.29. The molecular weight excluding hydrogens is 242 g/mol. The maximum absolute atomic E-state index is 11.1. The molecule has 0 unspecified atom stereocenters. The zero-order valence-corrected chi connectivity index (χ0v) is 10.2. The fourth-order valence-corrected chi connectivity index (χ4v) is 2.06. The first-order valence-electron chi connectivity index (χ1n) is 5.80. The number of hydrogen-bond acceptors (Lipinski definition) is 3. The van der Waals surface area contributed by atoms with Crippen molar-refractivity contribution in [1.82, 2.24) is 15.0 Å². The highest BCUT2D eigenvalue weighted by Crippen LogP contribution is 2.24. The first-order valence-corrected chi connectivity index (χ1v) is 5.80. The fraction of sp³-hybridized carbons (Fsp3) is 0.0714. The van der Waals surface area contributed by atoms with Crippen LogP contribution in [0.2, 0.25) is 0 Å². The number of aryl methyl sites for hydroxylation is 1. The van der Waals surface area contributed by atoms with Crippen LogP contribution in [-0.2, 0) is 0 Å². The van der Waals surface area contributed by atoms with E-state index in [0.717, 1.165) is 11.1 Å². The summed E-state index contributed by atoms with van der Waals surface area (Å²) < 4.78 is 0. The summed E-state index contributed by atoms with van der Waals surface area (Å²) in [5.41, 5.74) is 3.19. The van der Waals surface area contributed by atoms with Gasteiger partial charge in [-0.25, -0.2) is 9.78 Å². The summed E-state index contributed by atoms with van der Waals surface area (Å²) >= 11 is 0. The van der Waals surface area contributed by atoms with E-state index < -0.39 is 5.97 Å². The average Bonchev–Trinajstić information content (AvgIpc) is 2.82. The largest absolute Gasteiger partial charge is 0.478 e. The van der Waals surface area contributed by atoms with Gasteiger partial charge in [0.25, 0.3) is 0 Å². The van der Waals surface area contributed by atoms with Gasteiger partial charge in [0.15, 0.2) is 0 Å². The lowest BCUT2D eigenvalue weighted by molar-refractivity contribution is 0.0698. The highest BCUT2D eigenvalue weighted by Gasteiger charge is 2.14. The topological polar surface area (TPSA) is 78.9 Å². The van der Waals surface area contributed by atoms with Crippen molar-refractivity contribution in [1.29, 1.82) is 0 Å². The number of pyridine rings is 1. The van der Waals surface area contributed by atoms with Crippen LogP contribution in [0.15, 0.2) is 36.7 Å². The number of fused-ring (bicyclic) bond motifs is 1. The predicted molar refractivity (Wildman–Crippen MR) is 71.0 cm³/mol. The Hall–Kier alpha value is -2.69. The SMILES string of the molecule is Cc1ccccc1-c1nc2c(C(=O)O)cncc2[nH]1. The number of imidazole rings is 1. The summed E-state index contributed by atoms with van der Waals surface area (Å²) in [7, 11) is 0. The molecule has 0 spiro atoms. The zero-order valence-electron chi connectivity index (χ0n) is 10.2. The van der Waals surface area contributed by atoms with Gasteiger partial charge in [-0.1, -0.05) is 24.3 Å². The first kappa shape index (κ1) is 11.4. The molecule has 0 amide bonds. The zero-order chi connectivity index (χ0) is 13.4. The molecule has 5 nitrogen and oxygen atoms in total. The van der Waals surface area contributed by atoms with E-state index in [4.69, 9.17) is 5.11 Å². The molecule has 5 heteroatoms. The lowest BCUT2D eigenvalue weighted by atomic mass is 10.1. The van der Waals surface area contributed by atoms with Gasteiger partial charge in [-0.15, -0.1) is 0 Å². The number of H-pyrrole nitrogens is 1. The number of carboxylic acid groups (broad SMARTS) is 1. The van der Waals surface area contributed by atoms with Crippen LogP contribution >= 0.6 is 0 Å². The lowest BCUT2D eigenvalue weighted by Crippen LogP contribution is -1.98. The molecule has 2 heterocycles. The summed E-state index contributed by atoms with van der Waals surface area (Å²) in [5, 5.41) is 9.12. The van der Waals surface area contributed by atoms with E-state index in [9.17, 15) is 4.79 Å². The van der Waals surface area contributed by atoms with Crippen molar-refractivity contribution in [2.75, 3.05) is 0 Å². The fourth-order valence-electron chi connectivity index (χ4n) is 2.06. The maximum atomic E-state index is 11.1. The van der Waals surface area contributed by atoms with E-state index >= 15 is 0 Å². The third kappa shape index (κ3) is 1.85. The van der Waals surface area contributed by atoms with Crippen LogP contribution in [-0.4, -0.2) is 26.0 Å². The van der Waals surface area contributed by atoms with Gasteiger partial charge in [-0.05, 0) is 12.5 Å². The number of aromatic carboxylic acids is 1. The molecule has 3 rings (SSSR count). The van der Waals surface area contributed by atoms with Crippen LogP contribution in [0.5, 0.6) is 0 Å². The van der Waals surface area contributed by atoms with Crippen LogP contribution in [0, 0.1) is 6.92 Å². The Kier molecular flexibility index (Phi) is 2.52. The molecule has 0 fully saturated rings. The quantitative estimate of drug-likeness (QED) is 0.735. The van der Waals surface area contributed by atoms with Crippen molar-refractivity contribution in [3.63, 3.8) is 0 Å². The molecule has 0 radical (unpaired) electrons. The lowest BCUT2D eigenvalue weighted by Gasteiger charge is -2.00. The Morgan fingerprint density at radius 2 is 2.05 bits per heavy atom. The molecular formula is C14H11N3O2. The van der Waals surface area contributed by atoms with Gasteiger partial charge < -0.3 is 10.1 Å². The normalized spacial score (nSPS) is 10.8. The van der Waals surface area contributed by atoms with Crippen molar-refractivity contribution >= 4 is 17.0 Å². The minimum atomic E-state index is -1.03. The molecule has 0 atom stereocenters. The minimum absolute atomic E-state index is 0.105. The number of rotatable bonds is 2. The molecule has 1 aromatic carbocycles. The Bertz CT molecular complexity index is 777. The van der Waals surface area contributed by atoms with Crippen molar-refractivity contribution in [3.8, 4) is 11.4 Å². The number of aromatic amines is 1. The summed E-state index contributed by atoms with van der Waals surface area (Å²) in [5.74, 6) is -0.371. The van der Waals surface area contributed by atoms with Gasteiger partial charge in [0.1, 0.15) is 16.9 Å². The molecule has 0 aliphatic heterocycles. The average molecular weight is 253 g/mol. The van der Waals surface area contributed by atoms with E-state index in [1.807, 2.05) is 31.2 Å². The highest BCUT2D eigenvalue weighted by atomic mass is 16.4. The Morgan fingerprint density at radius 3 is 2.79 bits per heavy atom. The molecule has 3 aromatic rings. The Labute approximate surface area is 109 Å². The van der Waals surface area contributed by atoms with E-state index in [2.05, 4.69) is 15.0 Å².